The molecule has 1 N–H and O–H groups in total. The van der Waals surface area contributed by atoms with Crippen LogP contribution in [0.15, 0.2) is 29.2 Å². The van der Waals surface area contributed by atoms with Gasteiger partial charge in [0, 0.05) is 0 Å². The zero-order valence-electron chi connectivity index (χ0n) is 8.18. The summed E-state index contributed by atoms with van der Waals surface area (Å²) in [5.74, 6) is 5.53. The second-order valence-electron chi connectivity index (χ2n) is 2.71. The van der Waals surface area contributed by atoms with Crippen molar-refractivity contribution < 1.29 is 18.3 Å². The SMILES string of the molecule is O=S(=O)(Br)c1ccc(OCC#CCO)cc1. The summed E-state index contributed by atoms with van der Waals surface area (Å²) in [4.78, 5) is 0.168. The Labute approximate surface area is 101 Å². The van der Waals surface area contributed by atoms with Crippen LogP contribution in [0.2, 0.25) is 0 Å². The van der Waals surface area contributed by atoms with Gasteiger partial charge in [-0.1, -0.05) is 11.8 Å². The van der Waals surface area contributed by atoms with Crippen LogP contribution in [-0.2, 0) is 8.27 Å². The molecule has 0 bridgehead atoms. The fourth-order valence-corrected chi connectivity index (χ4v) is 2.03. The number of rotatable bonds is 3. The quantitative estimate of drug-likeness (QED) is 0.672. The molecule has 0 saturated carbocycles. The number of hydrogen-bond acceptors (Lipinski definition) is 4. The van der Waals surface area contributed by atoms with E-state index in [9.17, 15) is 8.42 Å². The number of benzene rings is 1. The standard InChI is InChI=1S/C10H9BrO4S/c11-16(13,14)10-5-3-9(4-6-10)15-8-2-1-7-12/h3-6,12H,7-8H2. The van der Waals surface area contributed by atoms with Crippen LogP contribution in [0.25, 0.3) is 0 Å². The van der Waals surface area contributed by atoms with Crippen molar-refractivity contribution >= 4 is 23.1 Å². The molecule has 0 saturated heterocycles. The molecule has 6 heteroatoms. The third-order valence-electron chi connectivity index (χ3n) is 1.62. The van der Waals surface area contributed by atoms with Crippen LogP contribution >= 0.6 is 14.8 Å². The lowest BCUT2D eigenvalue weighted by molar-refractivity contribution is 0.347. The Morgan fingerprint density at radius 2 is 1.88 bits per heavy atom. The molecule has 1 aromatic rings. The van der Waals surface area contributed by atoms with Crippen molar-refractivity contribution in [3.8, 4) is 17.6 Å². The maximum atomic E-state index is 11.1. The van der Waals surface area contributed by atoms with E-state index >= 15 is 0 Å². The van der Waals surface area contributed by atoms with E-state index in [1.807, 2.05) is 0 Å². The highest BCUT2D eigenvalue weighted by atomic mass is 79.9. The van der Waals surface area contributed by atoms with Crippen LogP contribution in [0.5, 0.6) is 5.75 Å². The van der Waals surface area contributed by atoms with Gasteiger partial charge in [0.2, 0.25) is 8.27 Å². The summed E-state index contributed by atoms with van der Waals surface area (Å²) in [5, 5.41) is 8.39. The Morgan fingerprint density at radius 1 is 1.25 bits per heavy atom. The summed E-state index contributed by atoms with van der Waals surface area (Å²) in [6.07, 6.45) is 0. The van der Waals surface area contributed by atoms with E-state index in [0.717, 1.165) is 0 Å². The third kappa shape index (κ3) is 4.23. The first kappa shape index (κ1) is 13.0. The van der Waals surface area contributed by atoms with Gasteiger partial charge in [-0.2, -0.15) is 0 Å². The smallest absolute Gasteiger partial charge is 0.237 e. The van der Waals surface area contributed by atoms with E-state index in [-0.39, 0.29) is 18.1 Å². The van der Waals surface area contributed by atoms with Crippen LogP contribution in [0.4, 0.5) is 0 Å². The largest absolute Gasteiger partial charge is 0.481 e. The molecule has 0 unspecified atom stereocenters. The minimum atomic E-state index is -3.35. The van der Waals surface area contributed by atoms with Crippen molar-refractivity contribution in [2.24, 2.45) is 0 Å². The highest BCUT2D eigenvalue weighted by molar-refractivity contribution is 9.47. The van der Waals surface area contributed by atoms with Crippen LogP contribution in [0.3, 0.4) is 0 Å². The normalized spacial score (nSPS) is 10.4. The maximum Gasteiger partial charge on any atom is 0.237 e. The van der Waals surface area contributed by atoms with E-state index in [0.29, 0.717) is 5.75 Å². The molecular formula is C10H9BrO4S. The summed E-state index contributed by atoms with van der Waals surface area (Å²) in [7, 11) is -3.35. The van der Waals surface area contributed by atoms with Crippen molar-refractivity contribution in [2.75, 3.05) is 13.2 Å². The van der Waals surface area contributed by atoms with Crippen molar-refractivity contribution in [2.45, 2.75) is 4.90 Å². The highest BCUT2D eigenvalue weighted by Gasteiger charge is 2.08. The summed E-state index contributed by atoms with van der Waals surface area (Å²) >= 11 is 2.57. The van der Waals surface area contributed by atoms with Crippen LogP contribution in [0.1, 0.15) is 0 Å². The minimum Gasteiger partial charge on any atom is -0.481 e. The molecule has 0 aliphatic carbocycles. The average Bonchev–Trinajstić information content (AvgIpc) is 2.24. The van der Waals surface area contributed by atoms with Gasteiger partial charge in [0.15, 0.2) is 0 Å². The fourth-order valence-electron chi connectivity index (χ4n) is 0.925. The van der Waals surface area contributed by atoms with Crippen molar-refractivity contribution in [1.29, 1.82) is 0 Å². The summed E-state index contributed by atoms with van der Waals surface area (Å²) in [6, 6.07) is 5.93. The van der Waals surface area contributed by atoms with Gasteiger partial charge in [0.25, 0.3) is 0 Å². The molecule has 0 fully saturated rings. The van der Waals surface area contributed by atoms with Gasteiger partial charge in [-0.3, -0.25) is 0 Å². The van der Waals surface area contributed by atoms with Gasteiger partial charge in [-0.05, 0) is 24.3 Å². The maximum absolute atomic E-state index is 11.1. The van der Waals surface area contributed by atoms with Gasteiger partial charge < -0.3 is 9.84 Å². The summed E-state index contributed by atoms with van der Waals surface area (Å²) in [6.45, 7) is -0.0505. The van der Waals surface area contributed by atoms with Gasteiger partial charge in [0.05, 0.1) is 19.7 Å². The molecule has 0 atom stereocenters. The molecule has 1 rings (SSSR count). The molecule has 0 aromatic heterocycles. The molecule has 0 radical (unpaired) electrons. The van der Waals surface area contributed by atoms with Gasteiger partial charge in [-0.15, -0.1) is 0 Å². The Morgan fingerprint density at radius 3 is 2.38 bits per heavy atom. The molecule has 0 heterocycles. The van der Waals surface area contributed by atoms with Crippen molar-refractivity contribution in [3.63, 3.8) is 0 Å². The lowest BCUT2D eigenvalue weighted by Gasteiger charge is -2.02. The molecular weight excluding hydrogens is 296 g/mol. The topological polar surface area (TPSA) is 63.6 Å². The number of hydrogen-bond donors (Lipinski definition) is 1. The average molecular weight is 305 g/mol. The monoisotopic (exact) mass is 304 g/mol. The fraction of sp³-hybridized carbons (Fsp3) is 0.200. The zero-order valence-corrected chi connectivity index (χ0v) is 10.6. The lowest BCUT2D eigenvalue weighted by atomic mass is 10.3. The van der Waals surface area contributed by atoms with Gasteiger partial charge in [0.1, 0.15) is 19.0 Å². The Kier molecular flexibility index (Phi) is 4.80. The first-order valence-corrected chi connectivity index (χ1v) is 7.61. The Balaban J connectivity index is 2.66. The second kappa shape index (κ2) is 5.89. The van der Waals surface area contributed by atoms with Crippen LogP contribution in [0, 0.1) is 11.8 Å². The molecule has 86 valence electrons. The molecule has 0 aliphatic rings. The number of halogens is 1. The molecule has 4 nitrogen and oxygen atoms in total. The third-order valence-corrected chi connectivity index (χ3v) is 3.58. The van der Waals surface area contributed by atoms with Gasteiger partial charge in [-0.25, -0.2) is 8.42 Å². The van der Waals surface area contributed by atoms with E-state index in [4.69, 9.17) is 9.84 Å². The van der Waals surface area contributed by atoms with E-state index < -0.39 is 8.27 Å². The van der Waals surface area contributed by atoms with E-state index in [1.165, 1.54) is 24.3 Å². The molecule has 1 aromatic carbocycles. The Hall–Kier alpha value is -1.03. The van der Waals surface area contributed by atoms with E-state index in [2.05, 4.69) is 26.7 Å². The predicted molar refractivity (Wildman–Crippen MR) is 62.9 cm³/mol. The molecule has 0 amide bonds. The van der Waals surface area contributed by atoms with Crippen molar-refractivity contribution in [1.82, 2.24) is 0 Å². The van der Waals surface area contributed by atoms with Gasteiger partial charge >= 0.3 is 0 Å². The zero-order chi connectivity index (χ0) is 12.0. The number of aliphatic hydroxyl groups excluding tert-OH is 1. The summed E-state index contributed by atoms with van der Waals surface area (Å²) in [5.41, 5.74) is 0. The highest BCUT2D eigenvalue weighted by Crippen LogP contribution is 2.20. The first-order valence-electron chi connectivity index (χ1n) is 4.28. The molecule has 16 heavy (non-hydrogen) atoms. The Bertz CT molecular complexity index is 496. The van der Waals surface area contributed by atoms with E-state index in [1.54, 1.807) is 0 Å². The molecule has 0 aliphatic heterocycles. The first-order chi connectivity index (χ1) is 7.54. The predicted octanol–water partition coefficient (Wildman–Crippen LogP) is 1.14. The molecule has 0 spiro atoms. The summed E-state index contributed by atoms with van der Waals surface area (Å²) < 4.78 is 27.3. The second-order valence-corrected chi connectivity index (χ2v) is 6.61. The van der Waals surface area contributed by atoms with Crippen LogP contribution in [-0.4, -0.2) is 26.7 Å². The number of aliphatic hydroxyl groups is 1. The lowest BCUT2D eigenvalue weighted by Crippen LogP contribution is -1.95. The minimum absolute atomic E-state index is 0.154. The van der Waals surface area contributed by atoms with Crippen molar-refractivity contribution in [3.05, 3.63) is 24.3 Å². The number of ether oxygens (including phenoxy) is 1. The van der Waals surface area contributed by atoms with Crippen LogP contribution < -0.4 is 4.74 Å².